The van der Waals surface area contributed by atoms with E-state index >= 15 is 0 Å². The van der Waals surface area contributed by atoms with Crippen molar-refractivity contribution in [2.45, 2.75) is 12.1 Å². The molecule has 2 aromatic heterocycles. The third kappa shape index (κ3) is 2.94. The number of hydrogen-bond donors (Lipinski definition) is 0. The summed E-state index contributed by atoms with van der Waals surface area (Å²) in [6, 6.07) is 11.7. The van der Waals surface area contributed by atoms with E-state index in [1.807, 2.05) is 47.9 Å². The fraction of sp³-hybridized carbons (Fsp3) is 0.125. The van der Waals surface area contributed by atoms with Crippen LogP contribution >= 0.6 is 23.1 Å². The number of imidazole rings is 1. The van der Waals surface area contributed by atoms with Crippen molar-refractivity contribution in [3.63, 3.8) is 0 Å². The Morgan fingerprint density at radius 1 is 1.33 bits per heavy atom. The van der Waals surface area contributed by atoms with Crippen molar-refractivity contribution in [3.8, 4) is 0 Å². The Kier molecular flexibility index (Phi) is 4.22. The van der Waals surface area contributed by atoms with E-state index in [1.54, 1.807) is 33.7 Å². The van der Waals surface area contributed by atoms with Crippen molar-refractivity contribution in [1.82, 2.24) is 9.55 Å². The molecule has 0 unspecified atom stereocenters. The summed E-state index contributed by atoms with van der Waals surface area (Å²) in [5.41, 5.74) is 1.71. The fourth-order valence-corrected chi connectivity index (χ4v) is 3.41. The Morgan fingerprint density at radius 2 is 2.19 bits per heavy atom. The number of carbonyl (C=O) groups excluding carboxylic acids is 1. The molecule has 21 heavy (non-hydrogen) atoms. The van der Waals surface area contributed by atoms with E-state index in [9.17, 15) is 4.79 Å². The quantitative estimate of drug-likeness (QED) is 0.523. The molecule has 0 saturated carbocycles. The number of nitrogens with zero attached hydrogens (tertiary/aromatic N) is 2. The minimum Gasteiger partial charge on any atom is -0.269 e. The molecule has 0 aliphatic heterocycles. The standard InChI is InChI=1S/C16H14N2OS2/c1-2-20-16-17-13-7-3-4-8-14(13)18(16)15(19)10-9-12-6-5-11-21-12/h3-11H,2H2,1H3/b10-9+. The Bertz CT molecular complexity index is 788. The van der Waals surface area contributed by atoms with E-state index in [4.69, 9.17) is 0 Å². The van der Waals surface area contributed by atoms with Crippen molar-refractivity contribution in [2.24, 2.45) is 0 Å². The molecule has 0 radical (unpaired) electrons. The number of thiophene rings is 1. The maximum atomic E-state index is 12.5. The van der Waals surface area contributed by atoms with E-state index < -0.39 is 0 Å². The van der Waals surface area contributed by atoms with Crippen LogP contribution in [0.2, 0.25) is 0 Å². The molecule has 0 N–H and O–H groups in total. The van der Waals surface area contributed by atoms with Crippen LogP contribution in [0.5, 0.6) is 0 Å². The first-order valence-electron chi connectivity index (χ1n) is 6.66. The molecule has 0 amide bonds. The number of fused-ring (bicyclic) bond motifs is 1. The maximum Gasteiger partial charge on any atom is 0.257 e. The van der Waals surface area contributed by atoms with Gasteiger partial charge in [0, 0.05) is 11.0 Å². The molecule has 1 aromatic carbocycles. The first-order chi connectivity index (χ1) is 10.3. The first kappa shape index (κ1) is 14.1. The molecule has 3 rings (SSSR count). The summed E-state index contributed by atoms with van der Waals surface area (Å²) in [6.07, 6.45) is 3.46. The Morgan fingerprint density at radius 3 is 2.95 bits per heavy atom. The third-order valence-electron chi connectivity index (χ3n) is 2.96. The molecule has 3 aromatic rings. The van der Waals surface area contributed by atoms with E-state index in [1.165, 1.54) is 0 Å². The van der Waals surface area contributed by atoms with Gasteiger partial charge in [-0.15, -0.1) is 11.3 Å². The number of thioether (sulfide) groups is 1. The smallest absolute Gasteiger partial charge is 0.257 e. The minimum absolute atomic E-state index is 0.0620. The molecule has 0 atom stereocenters. The van der Waals surface area contributed by atoms with E-state index in [0.29, 0.717) is 0 Å². The number of benzene rings is 1. The molecule has 0 fully saturated rings. The fourth-order valence-electron chi connectivity index (χ4n) is 2.06. The predicted molar refractivity (Wildman–Crippen MR) is 90.1 cm³/mol. The van der Waals surface area contributed by atoms with Crippen LogP contribution in [-0.2, 0) is 0 Å². The summed E-state index contributed by atoms with van der Waals surface area (Å²) in [5.74, 6) is 0.818. The van der Waals surface area contributed by atoms with Crippen molar-refractivity contribution < 1.29 is 4.79 Å². The monoisotopic (exact) mass is 314 g/mol. The lowest BCUT2D eigenvalue weighted by atomic mass is 10.3. The Labute approximate surface area is 131 Å². The van der Waals surface area contributed by atoms with Gasteiger partial charge < -0.3 is 0 Å². The molecule has 0 aliphatic rings. The van der Waals surface area contributed by atoms with Gasteiger partial charge in [0.15, 0.2) is 5.16 Å². The van der Waals surface area contributed by atoms with Gasteiger partial charge in [0.2, 0.25) is 0 Å². The zero-order valence-electron chi connectivity index (χ0n) is 11.5. The number of hydrogen-bond acceptors (Lipinski definition) is 4. The molecule has 0 aliphatic carbocycles. The Hall–Kier alpha value is -1.85. The molecule has 0 spiro atoms. The lowest BCUT2D eigenvalue weighted by Gasteiger charge is -2.03. The van der Waals surface area contributed by atoms with Crippen LogP contribution in [0.3, 0.4) is 0 Å². The van der Waals surface area contributed by atoms with Crippen LogP contribution in [-0.4, -0.2) is 21.2 Å². The maximum absolute atomic E-state index is 12.5. The second kappa shape index (κ2) is 6.28. The lowest BCUT2D eigenvalue weighted by Crippen LogP contribution is -2.08. The van der Waals surface area contributed by atoms with Gasteiger partial charge in [0.1, 0.15) is 0 Å². The van der Waals surface area contributed by atoms with Crippen LogP contribution in [0.15, 0.2) is 53.0 Å². The molecular formula is C16H14N2OS2. The third-order valence-corrected chi connectivity index (χ3v) is 4.62. The average molecular weight is 314 g/mol. The molecule has 0 saturated heterocycles. The number of carbonyl (C=O) groups is 1. The molecule has 0 bridgehead atoms. The first-order valence-corrected chi connectivity index (χ1v) is 8.52. The molecule has 106 valence electrons. The second-order valence-corrected chi connectivity index (χ2v) is 6.55. The van der Waals surface area contributed by atoms with E-state index in [-0.39, 0.29) is 5.91 Å². The molecule has 3 nitrogen and oxygen atoms in total. The zero-order valence-corrected chi connectivity index (χ0v) is 13.2. The van der Waals surface area contributed by atoms with Gasteiger partial charge in [0.05, 0.1) is 11.0 Å². The summed E-state index contributed by atoms with van der Waals surface area (Å²) in [6.45, 7) is 2.06. The number of rotatable bonds is 4. The van der Waals surface area contributed by atoms with Crippen LogP contribution < -0.4 is 0 Å². The summed E-state index contributed by atoms with van der Waals surface area (Å²) in [5, 5.41) is 2.74. The minimum atomic E-state index is -0.0620. The van der Waals surface area contributed by atoms with Gasteiger partial charge in [-0.25, -0.2) is 4.98 Å². The van der Waals surface area contributed by atoms with Crippen molar-refractivity contribution in [3.05, 3.63) is 52.7 Å². The van der Waals surface area contributed by atoms with E-state index in [2.05, 4.69) is 11.9 Å². The van der Waals surface area contributed by atoms with Crippen LogP contribution in [0.1, 0.15) is 16.6 Å². The summed E-state index contributed by atoms with van der Waals surface area (Å²) < 4.78 is 1.69. The highest BCUT2D eigenvalue weighted by Crippen LogP contribution is 2.24. The van der Waals surface area contributed by atoms with Crippen molar-refractivity contribution in [1.29, 1.82) is 0 Å². The van der Waals surface area contributed by atoms with Crippen molar-refractivity contribution in [2.75, 3.05) is 5.75 Å². The van der Waals surface area contributed by atoms with Crippen molar-refractivity contribution >= 4 is 46.1 Å². The highest BCUT2D eigenvalue weighted by Gasteiger charge is 2.14. The SMILES string of the molecule is CCSc1nc2ccccc2n1C(=O)/C=C/c1cccs1. The van der Waals surface area contributed by atoms with Gasteiger partial charge >= 0.3 is 0 Å². The summed E-state index contributed by atoms with van der Waals surface area (Å²) in [4.78, 5) is 18.1. The number of para-hydroxylation sites is 2. The van der Waals surface area contributed by atoms with Gasteiger partial charge in [-0.05, 0) is 35.4 Å². The van der Waals surface area contributed by atoms with Crippen LogP contribution in [0.4, 0.5) is 0 Å². The van der Waals surface area contributed by atoms with Gasteiger partial charge in [-0.3, -0.25) is 9.36 Å². The predicted octanol–water partition coefficient (Wildman–Crippen LogP) is 4.56. The second-order valence-electron chi connectivity index (χ2n) is 4.34. The number of aromatic nitrogens is 2. The molecule has 2 heterocycles. The Balaban J connectivity index is 2.01. The highest BCUT2D eigenvalue weighted by atomic mass is 32.2. The van der Waals surface area contributed by atoms with Gasteiger partial charge in [-0.1, -0.05) is 36.9 Å². The lowest BCUT2D eigenvalue weighted by molar-refractivity contribution is 0.0965. The average Bonchev–Trinajstić information content (AvgIpc) is 3.12. The van der Waals surface area contributed by atoms with Crippen LogP contribution in [0, 0.1) is 0 Å². The summed E-state index contributed by atoms with van der Waals surface area (Å²) >= 11 is 3.19. The molecule has 5 heteroatoms. The largest absolute Gasteiger partial charge is 0.269 e. The molecular weight excluding hydrogens is 300 g/mol. The summed E-state index contributed by atoms with van der Waals surface area (Å²) in [7, 11) is 0. The van der Waals surface area contributed by atoms with Gasteiger partial charge in [0.25, 0.3) is 5.91 Å². The normalized spacial score (nSPS) is 11.5. The zero-order chi connectivity index (χ0) is 14.7. The van der Waals surface area contributed by atoms with Crippen LogP contribution in [0.25, 0.3) is 17.1 Å². The van der Waals surface area contributed by atoms with E-state index in [0.717, 1.165) is 26.8 Å². The highest BCUT2D eigenvalue weighted by molar-refractivity contribution is 7.99. The van der Waals surface area contributed by atoms with Gasteiger partial charge in [-0.2, -0.15) is 0 Å². The number of allylic oxidation sites excluding steroid dienone is 1. The topological polar surface area (TPSA) is 34.9 Å².